The van der Waals surface area contributed by atoms with Crippen molar-refractivity contribution in [2.24, 2.45) is 0 Å². The predicted octanol–water partition coefficient (Wildman–Crippen LogP) is 10.8. The first-order valence-electron chi connectivity index (χ1n) is 16.4. The molecule has 0 bridgehead atoms. The second-order valence-electron chi connectivity index (χ2n) is 13.2. The molecule has 7 aromatic carbocycles. The van der Waals surface area contributed by atoms with Crippen molar-refractivity contribution < 1.29 is 0 Å². The van der Waals surface area contributed by atoms with Gasteiger partial charge in [0.1, 0.15) is 0 Å². The molecule has 4 heteroatoms. The molecule has 1 aliphatic carbocycles. The van der Waals surface area contributed by atoms with Gasteiger partial charge in [-0.05, 0) is 0 Å². The molecule has 0 saturated heterocycles. The van der Waals surface area contributed by atoms with E-state index in [0.29, 0.717) is 17.5 Å². The summed E-state index contributed by atoms with van der Waals surface area (Å²) in [6.45, 7) is 4.63. The number of nitrogens with zero attached hydrogens (tertiary/aromatic N) is 3. The van der Waals surface area contributed by atoms with Gasteiger partial charge < -0.3 is 0 Å². The Bertz CT molecular complexity index is 2760. The zero-order valence-electron chi connectivity index (χ0n) is 26.5. The number of hydrogen-bond donors (Lipinski definition) is 0. The van der Waals surface area contributed by atoms with Crippen LogP contribution in [0.25, 0.3) is 86.1 Å². The van der Waals surface area contributed by atoms with Crippen molar-refractivity contribution in [2.45, 2.75) is 19.3 Å². The predicted molar refractivity (Wildman–Crippen MR) is 201 cm³/mol. The molecule has 0 unspecified atom stereocenters. The molecule has 226 valence electrons. The maximum atomic E-state index is 5.33. The molecule has 2 aromatic heterocycles. The van der Waals surface area contributed by atoms with Crippen LogP contribution in [0.3, 0.4) is 0 Å². The quantitative estimate of drug-likeness (QED) is 0.138. The van der Waals surface area contributed by atoms with E-state index in [2.05, 4.69) is 135 Å². The Balaban J connectivity index is 1.27. The zero-order valence-corrected chi connectivity index (χ0v) is 28.2. The Labute approximate surface area is 284 Å². The summed E-state index contributed by atoms with van der Waals surface area (Å²) in [5, 5.41) is 7.69. The third-order valence-electron chi connectivity index (χ3n) is 10.1. The van der Waals surface area contributed by atoms with Crippen LogP contribution in [0.4, 0.5) is 0 Å². The minimum atomic E-state index is -0.117. The third kappa shape index (κ3) is 4.03. The molecule has 0 saturated carbocycles. The van der Waals surface area contributed by atoms with Gasteiger partial charge in [-0.2, -0.15) is 0 Å². The van der Waals surface area contributed by atoms with Crippen LogP contribution in [0.2, 0.25) is 0 Å². The minimum absolute atomic E-state index is 0.117. The van der Waals surface area contributed by atoms with Crippen molar-refractivity contribution in [1.82, 2.24) is 15.0 Å². The number of benzene rings is 7. The molecule has 0 spiro atoms. The average molecular weight is 679 g/mol. The summed E-state index contributed by atoms with van der Waals surface area (Å²) in [4.78, 5) is 15.7. The van der Waals surface area contributed by atoms with Crippen molar-refractivity contribution in [3.63, 3.8) is 0 Å². The summed E-state index contributed by atoms with van der Waals surface area (Å²) in [5.41, 5.74) is 8.19. The molecule has 9 aromatic rings. The van der Waals surface area contributed by atoms with Gasteiger partial charge in [0.05, 0.1) is 0 Å². The van der Waals surface area contributed by atoms with Crippen molar-refractivity contribution in [2.75, 3.05) is 0 Å². The fraction of sp³-hybridized carbons (Fsp3) is 0.0682. The molecule has 0 N–H and O–H groups in total. The van der Waals surface area contributed by atoms with Gasteiger partial charge in [0.2, 0.25) is 0 Å². The number of fused-ring (bicyclic) bond motifs is 10. The van der Waals surface area contributed by atoms with E-state index in [1.54, 1.807) is 0 Å². The van der Waals surface area contributed by atoms with Gasteiger partial charge in [0, 0.05) is 0 Å². The van der Waals surface area contributed by atoms with Crippen LogP contribution < -0.4 is 0 Å². The molecule has 0 radical (unpaired) electrons. The molecular formula is C44H29N3Se. The van der Waals surface area contributed by atoms with E-state index >= 15 is 0 Å². The van der Waals surface area contributed by atoms with Gasteiger partial charge in [0.15, 0.2) is 0 Å². The summed E-state index contributed by atoms with van der Waals surface area (Å²) in [6, 6.07) is 50.2. The first-order chi connectivity index (χ1) is 23.5. The zero-order chi connectivity index (χ0) is 32.0. The van der Waals surface area contributed by atoms with Crippen LogP contribution in [-0.2, 0) is 5.41 Å². The number of rotatable bonds is 3. The topological polar surface area (TPSA) is 38.7 Å². The number of hydrogen-bond acceptors (Lipinski definition) is 3. The van der Waals surface area contributed by atoms with Gasteiger partial charge in [0.25, 0.3) is 0 Å². The monoisotopic (exact) mass is 679 g/mol. The molecule has 0 atom stereocenters. The van der Waals surface area contributed by atoms with E-state index in [4.69, 9.17) is 15.0 Å². The van der Waals surface area contributed by atoms with Crippen LogP contribution in [0.15, 0.2) is 140 Å². The van der Waals surface area contributed by atoms with Crippen molar-refractivity contribution >= 4 is 55.3 Å². The second kappa shape index (κ2) is 10.3. The van der Waals surface area contributed by atoms with Crippen LogP contribution in [0, 0.1) is 0 Å². The molecule has 2 heterocycles. The Morgan fingerprint density at radius 2 is 1.12 bits per heavy atom. The first-order valence-corrected chi connectivity index (χ1v) is 18.1. The van der Waals surface area contributed by atoms with Crippen molar-refractivity contribution in [3.8, 4) is 45.3 Å². The molecule has 1 aliphatic rings. The SMILES string of the molecule is CC1(C)c2ccccc2-c2ccc(-c3nc(-c4ccccc4)nc(-c4cc5ccc6ccccc6c5c5[se]c6ccccc6c45)n3)cc21. The van der Waals surface area contributed by atoms with Crippen LogP contribution in [0.5, 0.6) is 0 Å². The van der Waals surface area contributed by atoms with Gasteiger partial charge in [-0.15, -0.1) is 0 Å². The molecule has 0 aliphatic heterocycles. The van der Waals surface area contributed by atoms with E-state index in [0.717, 1.165) is 16.7 Å². The fourth-order valence-electron chi connectivity index (χ4n) is 7.74. The Morgan fingerprint density at radius 3 is 2.00 bits per heavy atom. The van der Waals surface area contributed by atoms with E-state index in [1.165, 1.54) is 63.1 Å². The summed E-state index contributed by atoms with van der Waals surface area (Å²) in [5.74, 6) is 2.08. The summed E-state index contributed by atoms with van der Waals surface area (Å²) < 4.78 is 2.81. The van der Waals surface area contributed by atoms with Crippen LogP contribution in [-0.4, -0.2) is 29.5 Å². The van der Waals surface area contributed by atoms with E-state index in [-0.39, 0.29) is 19.9 Å². The standard InChI is InChI=1S/C44H29N3Se/c1-44(2)35-18-10-8-16-31(35)32-23-22-29(25-36(32)44)42-45-41(27-13-4-3-5-14-27)46-43(47-42)34-24-28-21-20-26-12-6-7-15-30(26)38(28)40-39(34)33-17-9-11-19-37(33)48-40/h3-25H,1-2H3. The van der Waals surface area contributed by atoms with Gasteiger partial charge in [-0.1, -0.05) is 12.1 Å². The van der Waals surface area contributed by atoms with Crippen LogP contribution in [0.1, 0.15) is 25.0 Å². The summed E-state index contributed by atoms with van der Waals surface area (Å²) >= 11 is 0.156. The third-order valence-corrected chi connectivity index (χ3v) is 12.6. The van der Waals surface area contributed by atoms with E-state index in [9.17, 15) is 0 Å². The molecule has 10 rings (SSSR count). The van der Waals surface area contributed by atoms with E-state index < -0.39 is 0 Å². The Morgan fingerprint density at radius 1 is 0.458 bits per heavy atom. The van der Waals surface area contributed by atoms with Crippen LogP contribution >= 0.6 is 0 Å². The maximum absolute atomic E-state index is 5.33. The summed E-state index contributed by atoms with van der Waals surface area (Å²) in [6.07, 6.45) is 0. The van der Waals surface area contributed by atoms with Gasteiger partial charge >= 0.3 is 273 Å². The van der Waals surface area contributed by atoms with Gasteiger partial charge in [-0.3, -0.25) is 0 Å². The molecule has 48 heavy (non-hydrogen) atoms. The van der Waals surface area contributed by atoms with Crippen molar-refractivity contribution in [1.29, 1.82) is 0 Å². The number of aromatic nitrogens is 3. The average Bonchev–Trinajstić information content (AvgIpc) is 3.64. The molecule has 0 amide bonds. The summed E-state index contributed by atoms with van der Waals surface area (Å²) in [7, 11) is 0. The van der Waals surface area contributed by atoms with E-state index in [1.807, 2.05) is 18.2 Å². The second-order valence-corrected chi connectivity index (χ2v) is 15.4. The molecular weight excluding hydrogens is 649 g/mol. The first kappa shape index (κ1) is 27.7. The fourth-order valence-corrected chi connectivity index (χ4v) is 10.5. The van der Waals surface area contributed by atoms with Gasteiger partial charge in [-0.25, -0.2) is 0 Å². The Kier molecular flexibility index (Phi) is 5.94. The Hall–Kier alpha value is -5.41. The van der Waals surface area contributed by atoms with Crippen molar-refractivity contribution in [3.05, 3.63) is 151 Å². The molecule has 0 fully saturated rings. The normalized spacial score (nSPS) is 13.4. The molecule has 3 nitrogen and oxygen atoms in total.